The van der Waals surface area contributed by atoms with Gasteiger partial charge >= 0.3 is 0 Å². The van der Waals surface area contributed by atoms with Crippen LogP contribution in [0.2, 0.25) is 5.02 Å². The van der Waals surface area contributed by atoms with Gasteiger partial charge in [0.25, 0.3) is 0 Å². The summed E-state index contributed by atoms with van der Waals surface area (Å²) in [6.07, 6.45) is 2.05. The van der Waals surface area contributed by atoms with E-state index in [4.69, 9.17) is 16.3 Å². The van der Waals surface area contributed by atoms with Gasteiger partial charge in [-0.15, -0.1) is 10.2 Å². The molecule has 3 aromatic rings. The van der Waals surface area contributed by atoms with E-state index in [9.17, 15) is 9.18 Å². The van der Waals surface area contributed by atoms with E-state index in [1.54, 1.807) is 36.4 Å². The molecule has 1 aliphatic rings. The van der Waals surface area contributed by atoms with E-state index in [-0.39, 0.29) is 23.0 Å². The van der Waals surface area contributed by atoms with Crippen molar-refractivity contribution < 1.29 is 13.9 Å². The van der Waals surface area contributed by atoms with Crippen LogP contribution in [0.5, 0.6) is 0 Å². The molecule has 0 saturated carbocycles. The maximum Gasteiger partial charge on any atom is 0.192 e. The molecule has 8 heteroatoms. The van der Waals surface area contributed by atoms with Crippen LogP contribution in [0.15, 0.2) is 53.7 Å². The van der Waals surface area contributed by atoms with Gasteiger partial charge in [-0.3, -0.25) is 9.36 Å². The largest absolute Gasteiger partial charge is 0.376 e. The Hall–Kier alpha value is -2.22. The summed E-state index contributed by atoms with van der Waals surface area (Å²) in [5.41, 5.74) is 1.33. The van der Waals surface area contributed by atoms with Crippen molar-refractivity contribution in [3.8, 4) is 11.4 Å². The molecule has 2 heterocycles. The molecule has 2 unspecified atom stereocenters. The van der Waals surface area contributed by atoms with Gasteiger partial charge in [0.05, 0.1) is 17.9 Å². The Labute approximate surface area is 183 Å². The number of halogens is 2. The Morgan fingerprint density at radius 1 is 1.30 bits per heavy atom. The monoisotopic (exact) mass is 445 g/mol. The zero-order valence-electron chi connectivity index (χ0n) is 16.4. The van der Waals surface area contributed by atoms with Crippen molar-refractivity contribution in [2.45, 2.75) is 42.8 Å². The summed E-state index contributed by atoms with van der Waals surface area (Å²) in [7, 11) is 0. The Morgan fingerprint density at radius 2 is 2.10 bits per heavy atom. The quantitative estimate of drug-likeness (QED) is 0.366. The second kappa shape index (κ2) is 9.29. The van der Waals surface area contributed by atoms with Gasteiger partial charge < -0.3 is 4.74 Å². The normalized spacial score (nSPS) is 17.2. The molecule has 0 bridgehead atoms. The van der Waals surface area contributed by atoms with Crippen LogP contribution < -0.4 is 0 Å². The first-order valence-electron chi connectivity index (χ1n) is 9.78. The van der Waals surface area contributed by atoms with Crippen molar-refractivity contribution in [3.05, 3.63) is 64.9 Å². The molecule has 0 aliphatic carbocycles. The Balaban J connectivity index is 1.61. The number of aromatic nitrogens is 3. The SMILES string of the molecule is CC(Sc1nnc(-c2ccc(F)cc2)n1CC1CCCO1)C(=O)c1cccc(Cl)c1. The fourth-order valence-electron chi connectivity index (χ4n) is 3.43. The van der Waals surface area contributed by atoms with Crippen molar-refractivity contribution in [2.75, 3.05) is 6.61 Å². The minimum atomic E-state index is -0.378. The van der Waals surface area contributed by atoms with Crippen molar-refractivity contribution >= 4 is 29.1 Å². The van der Waals surface area contributed by atoms with Crippen molar-refractivity contribution in [1.29, 1.82) is 0 Å². The molecule has 0 amide bonds. The van der Waals surface area contributed by atoms with Crippen LogP contribution in [0.4, 0.5) is 4.39 Å². The first kappa shape index (κ1) is 21.0. The van der Waals surface area contributed by atoms with Crippen LogP contribution in [-0.2, 0) is 11.3 Å². The Kier molecular flexibility index (Phi) is 6.51. The number of benzene rings is 2. The van der Waals surface area contributed by atoms with Crippen LogP contribution in [0.3, 0.4) is 0 Å². The lowest BCUT2D eigenvalue weighted by molar-refractivity contribution is 0.0953. The van der Waals surface area contributed by atoms with E-state index < -0.39 is 0 Å². The zero-order valence-corrected chi connectivity index (χ0v) is 18.0. The average molecular weight is 446 g/mol. The number of thioether (sulfide) groups is 1. The van der Waals surface area contributed by atoms with Crippen LogP contribution in [0.25, 0.3) is 11.4 Å². The summed E-state index contributed by atoms with van der Waals surface area (Å²) in [4.78, 5) is 12.9. The molecule has 2 aromatic carbocycles. The number of rotatable bonds is 7. The van der Waals surface area contributed by atoms with E-state index in [1.807, 2.05) is 11.5 Å². The highest BCUT2D eigenvalue weighted by molar-refractivity contribution is 8.00. The van der Waals surface area contributed by atoms with Crippen molar-refractivity contribution in [2.24, 2.45) is 0 Å². The van der Waals surface area contributed by atoms with E-state index in [2.05, 4.69) is 10.2 Å². The summed E-state index contributed by atoms with van der Waals surface area (Å²) < 4.78 is 21.1. The second-order valence-electron chi connectivity index (χ2n) is 7.19. The number of nitrogens with zero attached hydrogens (tertiary/aromatic N) is 3. The number of ether oxygens (including phenoxy) is 1. The molecule has 5 nitrogen and oxygen atoms in total. The third-order valence-corrected chi connectivity index (χ3v) is 6.31. The molecule has 1 aliphatic heterocycles. The van der Waals surface area contributed by atoms with E-state index in [0.717, 1.165) is 25.0 Å². The van der Waals surface area contributed by atoms with Gasteiger partial charge in [0.15, 0.2) is 16.8 Å². The molecule has 1 saturated heterocycles. The minimum Gasteiger partial charge on any atom is -0.376 e. The third-order valence-electron chi connectivity index (χ3n) is 4.99. The fourth-order valence-corrected chi connectivity index (χ4v) is 4.56. The molecule has 2 atom stereocenters. The van der Waals surface area contributed by atoms with Gasteiger partial charge in [0, 0.05) is 22.8 Å². The maximum absolute atomic E-state index is 13.4. The lowest BCUT2D eigenvalue weighted by atomic mass is 10.1. The predicted octanol–water partition coefficient (Wildman–Crippen LogP) is 5.28. The number of ketones is 1. The topological polar surface area (TPSA) is 57.0 Å². The highest BCUT2D eigenvalue weighted by Gasteiger charge is 2.25. The van der Waals surface area contributed by atoms with Gasteiger partial charge in [0.1, 0.15) is 5.82 Å². The van der Waals surface area contributed by atoms with Crippen molar-refractivity contribution in [1.82, 2.24) is 14.8 Å². The molecule has 1 aromatic heterocycles. The summed E-state index contributed by atoms with van der Waals surface area (Å²) in [6.45, 7) is 3.17. The van der Waals surface area contributed by atoms with Gasteiger partial charge in [-0.1, -0.05) is 35.5 Å². The minimum absolute atomic E-state index is 0.0301. The number of hydrogen-bond acceptors (Lipinski definition) is 5. The van der Waals surface area contributed by atoms with Crippen LogP contribution in [0, 0.1) is 5.82 Å². The summed E-state index contributed by atoms with van der Waals surface area (Å²) >= 11 is 7.38. The average Bonchev–Trinajstić information content (AvgIpc) is 3.39. The van der Waals surface area contributed by atoms with E-state index in [1.165, 1.54) is 23.9 Å². The first-order valence-corrected chi connectivity index (χ1v) is 11.0. The van der Waals surface area contributed by atoms with Crippen LogP contribution in [0.1, 0.15) is 30.1 Å². The fraction of sp³-hybridized carbons (Fsp3) is 0.318. The molecule has 30 heavy (non-hydrogen) atoms. The maximum atomic E-state index is 13.4. The van der Waals surface area contributed by atoms with Gasteiger partial charge in [-0.05, 0) is 56.2 Å². The number of Topliss-reactive ketones (excluding diaryl/α,β-unsaturated/α-hetero) is 1. The molecule has 4 rings (SSSR count). The summed E-state index contributed by atoms with van der Waals surface area (Å²) in [6, 6.07) is 13.1. The lowest BCUT2D eigenvalue weighted by Crippen LogP contribution is -2.19. The van der Waals surface area contributed by atoms with Crippen molar-refractivity contribution in [3.63, 3.8) is 0 Å². The molecule has 156 valence electrons. The van der Waals surface area contributed by atoms with Crippen LogP contribution >= 0.6 is 23.4 Å². The highest BCUT2D eigenvalue weighted by atomic mass is 35.5. The molecular formula is C22H21ClFN3O2S. The molecule has 0 spiro atoms. The Bertz CT molecular complexity index is 1040. The lowest BCUT2D eigenvalue weighted by Gasteiger charge is -2.16. The first-order chi connectivity index (χ1) is 14.5. The van der Waals surface area contributed by atoms with Gasteiger partial charge in [-0.2, -0.15) is 0 Å². The molecule has 0 N–H and O–H groups in total. The number of hydrogen-bond donors (Lipinski definition) is 0. The summed E-state index contributed by atoms with van der Waals surface area (Å²) in [5.74, 6) is 0.298. The third kappa shape index (κ3) is 4.74. The summed E-state index contributed by atoms with van der Waals surface area (Å²) in [5, 5.41) is 9.46. The predicted molar refractivity (Wildman–Crippen MR) is 115 cm³/mol. The Morgan fingerprint density at radius 3 is 2.80 bits per heavy atom. The van der Waals surface area contributed by atoms with E-state index in [0.29, 0.717) is 28.1 Å². The van der Waals surface area contributed by atoms with Gasteiger partial charge in [0.2, 0.25) is 0 Å². The number of carbonyl (C=O) groups excluding carboxylic acids is 1. The standard InChI is InChI=1S/C22H21ClFN3O2S/c1-14(20(28)16-4-2-5-17(23)12-16)30-22-26-25-21(15-7-9-18(24)10-8-15)27(22)13-19-6-3-11-29-19/h2,4-5,7-10,12,14,19H,3,6,11,13H2,1H3. The molecule has 0 radical (unpaired) electrons. The van der Waals surface area contributed by atoms with E-state index >= 15 is 0 Å². The second-order valence-corrected chi connectivity index (χ2v) is 8.94. The van der Waals surface area contributed by atoms with Crippen LogP contribution in [-0.4, -0.2) is 38.5 Å². The molecule has 1 fully saturated rings. The van der Waals surface area contributed by atoms with Gasteiger partial charge in [-0.25, -0.2) is 4.39 Å². The highest BCUT2D eigenvalue weighted by Crippen LogP contribution is 2.30. The zero-order chi connectivity index (χ0) is 21.1. The number of carbonyl (C=O) groups is 1. The smallest absolute Gasteiger partial charge is 0.192 e. The molecular weight excluding hydrogens is 425 g/mol.